The number of aromatic nitrogens is 3. The molecule has 0 bridgehead atoms. The van der Waals surface area contributed by atoms with Gasteiger partial charge in [0.25, 0.3) is 5.91 Å². The second-order valence-electron chi connectivity index (χ2n) is 7.94. The molecule has 11 heteroatoms. The van der Waals surface area contributed by atoms with Gasteiger partial charge in [-0.15, -0.1) is 10.2 Å². The predicted octanol–water partition coefficient (Wildman–Crippen LogP) is 5.47. The molecule has 0 spiro atoms. The summed E-state index contributed by atoms with van der Waals surface area (Å²) in [6.07, 6.45) is 0. The third-order valence-electron chi connectivity index (χ3n) is 5.18. The second kappa shape index (κ2) is 12.3. The zero-order valence-electron chi connectivity index (χ0n) is 19.8. The first-order valence-corrected chi connectivity index (χ1v) is 12.7. The molecule has 2 amide bonds. The van der Waals surface area contributed by atoms with Gasteiger partial charge in [0.1, 0.15) is 5.75 Å². The molecule has 8 nitrogen and oxygen atoms in total. The van der Waals surface area contributed by atoms with Crippen LogP contribution in [0.15, 0.2) is 47.6 Å². The number of carbonyl (C=O) groups is 2. The molecule has 0 saturated heterocycles. The van der Waals surface area contributed by atoms with Crippen LogP contribution in [0.3, 0.4) is 0 Å². The van der Waals surface area contributed by atoms with Crippen molar-refractivity contribution < 1.29 is 14.3 Å². The van der Waals surface area contributed by atoms with Crippen molar-refractivity contribution in [2.45, 2.75) is 38.5 Å². The molecule has 0 aliphatic carbocycles. The lowest BCUT2D eigenvalue weighted by Crippen LogP contribution is -2.34. The van der Waals surface area contributed by atoms with Crippen LogP contribution in [0.25, 0.3) is 0 Å². The molecule has 1 heterocycles. The Morgan fingerprint density at radius 3 is 2.54 bits per heavy atom. The van der Waals surface area contributed by atoms with Crippen molar-refractivity contribution in [3.8, 4) is 5.75 Å². The van der Waals surface area contributed by atoms with Crippen LogP contribution < -0.4 is 15.4 Å². The Morgan fingerprint density at radius 2 is 1.89 bits per heavy atom. The molecular weight excluding hydrogens is 509 g/mol. The van der Waals surface area contributed by atoms with E-state index < -0.39 is 6.04 Å². The van der Waals surface area contributed by atoms with Crippen molar-refractivity contribution in [2.75, 3.05) is 18.2 Å². The number of rotatable bonds is 10. The topological polar surface area (TPSA) is 98.1 Å². The number of thioether (sulfide) groups is 1. The molecular formula is C24H27Cl2N5O3S. The van der Waals surface area contributed by atoms with Crippen LogP contribution >= 0.6 is 35.0 Å². The number of nitrogens with one attached hydrogen (secondary N) is 2. The fourth-order valence-electron chi connectivity index (χ4n) is 3.42. The Labute approximate surface area is 218 Å². The maximum Gasteiger partial charge on any atom is 0.253 e. The Morgan fingerprint density at radius 1 is 1.14 bits per heavy atom. The zero-order valence-corrected chi connectivity index (χ0v) is 22.2. The summed E-state index contributed by atoms with van der Waals surface area (Å²) in [5.41, 5.74) is 0.925. The number of ether oxygens (including phenoxy) is 1. The fourth-order valence-corrected chi connectivity index (χ4v) is 4.72. The molecule has 35 heavy (non-hydrogen) atoms. The summed E-state index contributed by atoms with van der Waals surface area (Å²) in [5, 5.41) is 15.8. The number of methoxy groups -OCH3 is 1. The molecule has 1 atom stereocenters. The van der Waals surface area contributed by atoms with Crippen LogP contribution in [0.5, 0.6) is 5.75 Å². The largest absolute Gasteiger partial charge is 0.495 e. The lowest BCUT2D eigenvalue weighted by atomic mass is 10.0. The number of para-hydroxylation sites is 2. The van der Waals surface area contributed by atoms with Crippen LogP contribution in [0.4, 0.5) is 5.69 Å². The first-order valence-electron chi connectivity index (χ1n) is 11.0. The van der Waals surface area contributed by atoms with Gasteiger partial charge in [-0.25, -0.2) is 0 Å². The maximum atomic E-state index is 12.9. The Kier molecular flexibility index (Phi) is 9.42. The molecule has 0 aliphatic rings. The fraction of sp³-hybridized carbons (Fsp3) is 0.333. The average Bonchev–Trinajstić information content (AvgIpc) is 3.23. The van der Waals surface area contributed by atoms with E-state index in [4.69, 9.17) is 27.9 Å². The van der Waals surface area contributed by atoms with Gasteiger partial charge < -0.3 is 19.9 Å². The van der Waals surface area contributed by atoms with E-state index in [0.717, 1.165) is 0 Å². The van der Waals surface area contributed by atoms with Gasteiger partial charge in [-0.1, -0.05) is 60.9 Å². The van der Waals surface area contributed by atoms with Crippen molar-refractivity contribution in [3.63, 3.8) is 0 Å². The molecule has 3 rings (SSSR count). The SMILES string of the molecule is CCn1c(SCC(=O)Nc2ccccc2OC)nnc1[C@H](NC(=O)c1ccc(Cl)cc1Cl)C(C)C. The highest BCUT2D eigenvalue weighted by Crippen LogP contribution is 2.28. The van der Waals surface area contributed by atoms with Crippen molar-refractivity contribution in [2.24, 2.45) is 5.92 Å². The van der Waals surface area contributed by atoms with Crippen molar-refractivity contribution in [1.82, 2.24) is 20.1 Å². The molecule has 0 fully saturated rings. The minimum atomic E-state index is -0.418. The number of carbonyl (C=O) groups excluding carboxylic acids is 2. The van der Waals surface area contributed by atoms with Gasteiger partial charge in [0.15, 0.2) is 11.0 Å². The van der Waals surface area contributed by atoms with Crippen LogP contribution in [0.2, 0.25) is 10.0 Å². The summed E-state index contributed by atoms with van der Waals surface area (Å²) < 4.78 is 7.18. The highest BCUT2D eigenvalue weighted by Gasteiger charge is 2.27. The average molecular weight is 536 g/mol. The summed E-state index contributed by atoms with van der Waals surface area (Å²) in [7, 11) is 1.55. The van der Waals surface area contributed by atoms with Crippen molar-refractivity contribution in [3.05, 3.63) is 63.9 Å². The molecule has 1 aromatic heterocycles. The van der Waals surface area contributed by atoms with Gasteiger partial charge in [-0.05, 0) is 43.2 Å². The van der Waals surface area contributed by atoms with Crippen LogP contribution in [0, 0.1) is 5.92 Å². The normalized spacial score (nSPS) is 11.9. The number of halogens is 2. The Hall–Kier alpha value is -2.75. The summed E-state index contributed by atoms with van der Waals surface area (Å²) in [6, 6.07) is 11.5. The van der Waals surface area contributed by atoms with Crippen molar-refractivity contribution >= 4 is 52.5 Å². The van der Waals surface area contributed by atoms with Gasteiger partial charge in [-0.3, -0.25) is 9.59 Å². The number of nitrogens with zero attached hydrogens (tertiary/aromatic N) is 3. The molecule has 0 unspecified atom stereocenters. The Balaban J connectivity index is 1.73. The molecule has 0 radical (unpaired) electrons. The predicted molar refractivity (Wildman–Crippen MR) is 140 cm³/mol. The summed E-state index contributed by atoms with van der Waals surface area (Å²) in [4.78, 5) is 25.5. The smallest absolute Gasteiger partial charge is 0.253 e. The lowest BCUT2D eigenvalue weighted by molar-refractivity contribution is -0.113. The molecule has 186 valence electrons. The summed E-state index contributed by atoms with van der Waals surface area (Å²) in [5.74, 6) is 0.815. The van der Waals surface area contributed by atoms with Crippen LogP contribution in [0.1, 0.15) is 43.0 Å². The summed E-state index contributed by atoms with van der Waals surface area (Å²) >= 11 is 13.4. The van der Waals surface area contributed by atoms with E-state index in [1.807, 2.05) is 37.5 Å². The quantitative estimate of drug-likeness (QED) is 0.334. The van der Waals surface area contributed by atoms with E-state index in [-0.39, 0.29) is 28.5 Å². The molecule has 3 aromatic rings. The number of hydrogen-bond acceptors (Lipinski definition) is 6. The monoisotopic (exact) mass is 535 g/mol. The van der Waals surface area contributed by atoms with E-state index in [0.29, 0.717) is 39.5 Å². The first-order chi connectivity index (χ1) is 16.7. The number of anilines is 1. The lowest BCUT2D eigenvalue weighted by Gasteiger charge is -2.22. The highest BCUT2D eigenvalue weighted by atomic mass is 35.5. The standard InChI is InChI=1S/C24H27Cl2N5O3S/c1-5-31-22(21(14(2)3)28-23(33)16-11-10-15(25)12-17(16)26)29-30-24(31)35-13-20(32)27-18-8-6-7-9-19(18)34-4/h6-12,14,21H,5,13H2,1-4H3,(H,27,32)(H,28,33)/t21-/m1/s1. The second-order valence-corrected chi connectivity index (χ2v) is 9.73. The zero-order chi connectivity index (χ0) is 25.5. The third kappa shape index (κ3) is 6.68. The van der Waals surface area contributed by atoms with Gasteiger partial charge in [-0.2, -0.15) is 0 Å². The molecule has 0 saturated carbocycles. The highest BCUT2D eigenvalue weighted by molar-refractivity contribution is 7.99. The van der Waals surface area contributed by atoms with Gasteiger partial charge in [0, 0.05) is 11.6 Å². The van der Waals surface area contributed by atoms with E-state index >= 15 is 0 Å². The van der Waals surface area contributed by atoms with E-state index in [1.54, 1.807) is 31.4 Å². The van der Waals surface area contributed by atoms with Gasteiger partial charge in [0.2, 0.25) is 5.91 Å². The number of hydrogen-bond donors (Lipinski definition) is 2. The minimum absolute atomic E-state index is 0.0196. The molecule has 0 aliphatic heterocycles. The van der Waals surface area contributed by atoms with E-state index in [1.165, 1.54) is 17.8 Å². The number of benzene rings is 2. The Bertz CT molecular complexity index is 1200. The first kappa shape index (κ1) is 26.8. The molecule has 2 aromatic carbocycles. The number of amides is 2. The van der Waals surface area contributed by atoms with Gasteiger partial charge >= 0.3 is 0 Å². The minimum Gasteiger partial charge on any atom is -0.495 e. The van der Waals surface area contributed by atoms with Crippen molar-refractivity contribution in [1.29, 1.82) is 0 Å². The summed E-state index contributed by atoms with van der Waals surface area (Å²) in [6.45, 7) is 6.49. The third-order valence-corrected chi connectivity index (χ3v) is 6.70. The van der Waals surface area contributed by atoms with Crippen LogP contribution in [-0.2, 0) is 11.3 Å². The maximum absolute atomic E-state index is 12.9. The molecule has 2 N–H and O–H groups in total. The van der Waals surface area contributed by atoms with Crippen LogP contribution in [-0.4, -0.2) is 39.4 Å². The van der Waals surface area contributed by atoms with E-state index in [9.17, 15) is 9.59 Å². The van der Waals surface area contributed by atoms with Gasteiger partial charge in [0.05, 0.1) is 35.2 Å². The van der Waals surface area contributed by atoms with E-state index in [2.05, 4.69) is 20.8 Å².